The molecule has 2 heterocycles. The number of hydrogen-bond donors (Lipinski definition) is 3. The first-order valence-electron chi connectivity index (χ1n) is 9.07. The number of ether oxygens (including phenoxy) is 4. The van der Waals surface area contributed by atoms with Crippen molar-refractivity contribution in [2.75, 3.05) is 19.8 Å². The number of aliphatic hydroxyl groups is 2. The minimum atomic E-state index is -1.22. The normalized spacial score (nSPS) is 34.6. The molecule has 0 spiro atoms. The highest BCUT2D eigenvalue weighted by molar-refractivity contribution is 5.70. The zero-order chi connectivity index (χ0) is 19.1. The van der Waals surface area contributed by atoms with E-state index in [2.05, 4.69) is 6.92 Å². The van der Waals surface area contributed by atoms with Crippen LogP contribution in [-0.4, -0.2) is 77.8 Å². The first kappa shape index (κ1) is 21.0. The van der Waals surface area contributed by atoms with Crippen LogP contribution >= 0.6 is 0 Å². The maximum atomic E-state index is 12.1. The monoisotopic (exact) mass is 376 g/mol. The summed E-state index contributed by atoms with van der Waals surface area (Å²) in [7, 11) is 0. The van der Waals surface area contributed by atoms with Crippen LogP contribution in [-0.2, 0) is 28.5 Å². The molecule has 0 unspecified atom stereocenters. The molecule has 2 saturated heterocycles. The van der Waals surface area contributed by atoms with Crippen molar-refractivity contribution in [3.63, 3.8) is 0 Å². The van der Waals surface area contributed by atoms with Gasteiger partial charge in [0.05, 0.1) is 19.8 Å². The van der Waals surface area contributed by atoms with Gasteiger partial charge in [0.25, 0.3) is 0 Å². The molecular weight excluding hydrogens is 348 g/mol. The average molecular weight is 376 g/mol. The highest BCUT2D eigenvalue weighted by atomic mass is 16.7. The minimum absolute atomic E-state index is 0.149. The van der Waals surface area contributed by atoms with Crippen LogP contribution in [0.2, 0.25) is 0 Å². The van der Waals surface area contributed by atoms with E-state index in [9.17, 15) is 19.8 Å². The van der Waals surface area contributed by atoms with E-state index in [1.165, 1.54) is 0 Å². The number of unbranched alkanes of at least 4 members (excludes halogenated alkanes) is 3. The topological polar surface area (TPSA) is 132 Å². The van der Waals surface area contributed by atoms with Gasteiger partial charge >= 0.3 is 11.9 Å². The van der Waals surface area contributed by atoms with Crippen LogP contribution < -0.4 is 0 Å². The van der Waals surface area contributed by atoms with E-state index in [4.69, 9.17) is 24.1 Å². The summed E-state index contributed by atoms with van der Waals surface area (Å²) in [5.41, 5.74) is 0. The van der Waals surface area contributed by atoms with Gasteiger partial charge in [-0.2, -0.15) is 0 Å². The Morgan fingerprint density at radius 2 is 1.81 bits per heavy atom. The molecule has 0 bridgehead atoms. The maximum absolute atomic E-state index is 12.1. The Morgan fingerprint density at radius 1 is 1.12 bits per heavy atom. The number of aliphatic hydroxyl groups excluding tert-OH is 2. The summed E-state index contributed by atoms with van der Waals surface area (Å²) in [6.45, 7) is 1.27. The second kappa shape index (κ2) is 10.2. The van der Waals surface area contributed by atoms with E-state index in [0.29, 0.717) is 6.42 Å². The van der Waals surface area contributed by atoms with Crippen molar-refractivity contribution in [3.8, 4) is 0 Å². The van der Waals surface area contributed by atoms with Crippen molar-refractivity contribution in [1.29, 1.82) is 0 Å². The Balaban J connectivity index is 2.01. The number of rotatable bonds is 8. The molecule has 2 fully saturated rings. The van der Waals surface area contributed by atoms with E-state index in [1.807, 2.05) is 0 Å². The highest BCUT2D eigenvalue weighted by Gasteiger charge is 2.50. The smallest absolute Gasteiger partial charge is 0.311 e. The van der Waals surface area contributed by atoms with Crippen molar-refractivity contribution in [1.82, 2.24) is 0 Å². The van der Waals surface area contributed by atoms with Crippen LogP contribution in [0.15, 0.2) is 0 Å². The molecule has 2 rings (SSSR count). The lowest BCUT2D eigenvalue weighted by Gasteiger charge is -2.42. The predicted molar refractivity (Wildman–Crippen MR) is 87.2 cm³/mol. The van der Waals surface area contributed by atoms with E-state index in [-0.39, 0.29) is 19.6 Å². The molecule has 0 amide bonds. The Bertz CT molecular complexity index is 469. The van der Waals surface area contributed by atoms with Crippen LogP contribution in [0.4, 0.5) is 0 Å². The molecule has 0 aromatic rings. The first-order chi connectivity index (χ1) is 12.5. The Labute approximate surface area is 152 Å². The van der Waals surface area contributed by atoms with Gasteiger partial charge < -0.3 is 34.3 Å². The Kier molecular flexibility index (Phi) is 8.23. The van der Waals surface area contributed by atoms with Gasteiger partial charge in [-0.15, -0.1) is 0 Å². The maximum Gasteiger partial charge on any atom is 0.311 e. The van der Waals surface area contributed by atoms with Crippen molar-refractivity contribution in [2.45, 2.75) is 69.7 Å². The molecule has 0 aliphatic carbocycles. The molecule has 9 heteroatoms. The fraction of sp³-hybridized carbons (Fsp3) is 0.882. The standard InChI is InChI=1S/C17H28O9/c1-2-3-4-5-6-12(19)26-17-15-14(13(20)11(7-18)25-17)23-8-10(9-24-15)16(21)22/h10-11,13-15,17-18,20H,2-9H2,1H3,(H,21,22)/t10-,11-,13+,14+,15-,17-/m0/s1. The third-order valence-corrected chi connectivity index (χ3v) is 4.61. The second-order valence-corrected chi connectivity index (χ2v) is 6.65. The van der Waals surface area contributed by atoms with E-state index < -0.39 is 55.2 Å². The number of esters is 1. The van der Waals surface area contributed by atoms with Crippen LogP contribution in [0.5, 0.6) is 0 Å². The third kappa shape index (κ3) is 5.37. The first-order valence-corrected chi connectivity index (χ1v) is 9.07. The average Bonchev–Trinajstić information content (AvgIpc) is 2.85. The number of carboxylic acids is 1. The zero-order valence-electron chi connectivity index (χ0n) is 14.9. The number of carboxylic acid groups (broad SMARTS) is 1. The van der Waals surface area contributed by atoms with Crippen molar-refractivity contribution in [2.24, 2.45) is 5.92 Å². The Morgan fingerprint density at radius 3 is 2.42 bits per heavy atom. The van der Waals surface area contributed by atoms with Gasteiger partial charge in [-0.1, -0.05) is 26.2 Å². The van der Waals surface area contributed by atoms with E-state index in [0.717, 1.165) is 19.3 Å². The molecule has 2 aliphatic rings. The van der Waals surface area contributed by atoms with Gasteiger partial charge in [-0.25, -0.2) is 0 Å². The molecule has 2 aliphatic heterocycles. The minimum Gasteiger partial charge on any atom is -0.481 e. The predicted octanol–water partition coefficient (Wildman–Crippen LogP) is 0.0629. The largest absolute Gasteiger partial charge is 0.481 e. The molecule has 0 aromatic carbocycles. The number of aliphatic carboxylic acids is 1. The molecule has 0 aromatic heterocycles. The summed E-state index contributed by atoms with van der Waals surface area (Å²) in [5.74, 6) is -2.45. The number of hydrogen-bond acceptors (Lipinski definition) is 8. The van der Waals surface area contributed by atoms with Crippen LogP contribution in [0, 0.1) is 5.92 Å². The molecule has 6 atom stereocenters. The summed E-state index contributed by atoms with van der Waals surface area (Å²) >= 11 is 0. The fourth-order valence-electron chi connectivity index (χ4n) is 3.03. The molecule has 0 radical (unpaired) electrons. The number of fused-ring (bicyclic) bond motifs is 1. The van der Waals surface area contributed by atoms with Gasteiger partial charge in [-0.3, -0.25) is 9.59 Å². The van der Waals surface area contributed by atoms with Crippen LogP contribution in [0.1, 0.15) is 39.0 Å². The van der Waals surface area contributed by atoms with Gasteiger partial charge in [-0.05, 0) is 6.42 Å². The van der Waals surface area contributed by atoms with E-state index >= 15 is 0 Å². The molecule has 9 nitrogen and oxygen atoms in total. The number of carbonyl (C=O) groups is 2. The lowest BCUT2D eigenvalue weighted by atomic mass is 9.99. The lowest BCUT2D eigenvalue weighted by Crippen LogP contribution is -2.60. The second-order valence-electron chi connectivity index (χ2n) is 6.65. The third-order valence-electron chi connectivity index (χ3n) is 4.61. The van der Waals surface area contributed by atoms with Gasteiger partial charge in [0.1, 0.15) is 30.3 Å². The zero-order valence-corrected chi connectivity index (χ0v) is 14.9. The van der Waals surface area contributed by atoms with E-state index in [1.54, 1.807) is 0 Å². The summed E-state index contributed by atoms with van der Waals surface area (Å²) in [4.78, 5) is 23.2. The van der Waals surface area contributed by atoms with Crippen molar-refractivity contribution >= 4 is 11.9 Å². The summed E-state index contributed by atoms with van der Waals surface area (Å²) in [5, 5.41) is 28.8. The summed E-state index contributed by atoms with van der Waals surface area (Å²) in [6.07, 6.45) is -1.41. The highest BCUT2D eigenvalue weighted by Crippen LogP contribution is 2.30. The van der Waals surface area contributed by atoms with Crippen LogP contribution in [0.25, 0.3) is 0 Å². The quantitative estimate of drug-likeness (QED) is 0.397. The SMILES string of the molecule is CCCCCCC(=O)O[C@@H]1O[C@@H](CO)[C@@H](O)[C@H]2OC[C@H](C(=O)O)CO[C@H]12. The molecular formula is C17H28O9. The van der Waals surface area contributed by atoms with Crippen LogP contribution in [0.3, 0.4) is 0 Å². The molecule has 150 valence electrons. The van der Waals surface area contributed by atoms with Crippen molar-refractivity contribution < 1.29 is 43.9 Å². The molecule has 0 saturated carbocycles. The van der Waals surface area contributed by atoms with Gasteiger partial charge in [0, 0.05) is 6.42 Å². The summed E-state index contributed by atoms with van der Waals surface area (Å²) < 4.78 is 21.9. The van der Waals surface area contributed by atoms with Gasteiger partial charge in [0.2, 0.25) is 6.29 Å². The molecule has 3 N–H and O–H groups in total. The fourth-order valence-corrected chi connectivity index (χ4v) is 3.03. The molecule has 26 heavy (non-hydrogen) atoms. The lowest BCUT2D eigenvalue weighted by molar-refractivity contribution is -0.301. The summed E-state index contributed by atoms with van der Waals surface area (Å²) in [6, 6.07) is 0. The Hall–Kier alpha value is -1.26. The van der Waals surface area contributed by atoms with Gasteiger partial charge in [0.15, 0.2) is 0 Å². The van der Waals surface area contributed by atoms with Crippen molar-refractivity contribution in [3.05, 3.63) is 0 Å². The number of carbonyl (C=O) groups excluding carboxylic acids is 1.